The van der Waals surface area contributed by atoms with Crippen LogP contribution in [-0.2, 0) is 0 Å². The molecule has 1 aliphatic rings. The van der Waals surface area contributed by atoms with Gasteiger partial charge in [-0.15, -0.1) is 0 Å². The molecule has 0 spiro atoms. The first-order valence-electron chi connectivity index (χ1n) is 5.82. The zero-order valence-corrected chi connectivity index (χ0v) is 9.49. The number of furan rings is 1. The average molecular weight is 226 g/mol. The molecule has 3 rings (SSSR count). The normalized spacial score (nSPS) is 21.6. The second kappa shape index (κ2) is 4.45. The smallest absolute Gasteiger partial charge is 0.202 e. The average Bonchev–Trinajstić information content (AvgIpc) is 3.02. The Morgan fingerprint density at radius 2 is 2.06 bits per heavy atom. The van der Waals surface area contributed by atoms with Crippen molar-refractivity contribution in [3.05, 3.63) is 65.5 Å². The van der Waals surface area contributed by atoms with Gasteiger partial charge in [-0.1, -0.05) is 36.9 Å². The van der Waals surface area contributed by atoms with E-state index in [-0.39, 0.29) is 0 Å². The lowest BCUT2D eigenvalue weighted by Crippen LogP contribution is -2.09. The van der Waals surface area contributed by atoms with Gasteiger partial charge >= 0.3 is 0 Å². The molecule has 0 saturated carbocycles. The second-order valence-corrected chi connectivity index (χ2v) is 4.10. The van der Waals surface area contributed by atoms with Gasteiger partial charge in [0.1, 0.15) is 0 Å². The van der Waals surface area contributed by atoms with Gasteiger partial charge in [-0.05, 0) is 12.1 Å². The summed E-state index contributed by atoms with van der Waals surface area (Å²) in [7, 11) is 0. The van der Waals surface area contributed by atoms with Crippen molar-refractivity contribution in [3.63, 3.8) is 0 Å². The van der Waals surface area contributed by atoms with Crippen LogP contribution in [0.5, 0.6) is 0 Å². The molecule has 2 heterocycles. The van der Waals surface area contributed by atoms with E-state index in [1.165, 1.54) is 5.56 Å². The fourth-order valence-electron chi connectivity index (χ4n) is 2.15. The van der Waals surface area contributed by atoms with E-state index in [4.69, 9.17) is 4.42 Å². The summed E-state index contributed by atoms with van der Waals surface area (Å²) in [5.41, 5.74) is 5.79. The van der Waals surface area contributed by atoms with Crippen LogP contribution in [0.3, 0.4) is 0 Å². The Bertz CT molecular complexity index is 502. The Kier molecular flexibility index (Phi) is 2.66. The lowest BCUT2D eigenvalue weighted by molar-refractivity contribution is -0.503. The molecule has 1 atom stereocenters. The molecule has 86 valence electrons. The third-order valence-electron chi connectivity index (χ3n) is 2.97. The molecular formula is C14H14N2O. The summed E-state index contributed by atoms with van der Waals surface area (Å²) in [5.74, 6) is 0.844. The van der Waals surface area contributed by atoms with Crippen LogP contribution >= 0.6 is 0 Å². The highest BCUT2D eigenvalue weighted by atomic mass is 16.3. The van der Waals surface area contributed by atoms with Crippen LogP contribution in [-0.4, -0.2) is 17.4 Å². The number of hydrogen-bond acceptors (Lipinski definition) is 1. The van der Waals surface area contributed by atoms with Gasteiger partial charge in [0.2, 0.25) is 6.21 Å². The van der Waals surface area contributed by atoms with E-state index in [0.29, 0.717) is 6.04 Å². The van der Waals surface area contributed by atoms with Gasteiger partial charge in [0.15, 0.2) is 11.8 Å². The Hall–Kier alpha value is -2.03. The Balaban J connectivity index is 1.90. The van der Waals surface area contributed by atoms with Crippen LogP contribution in [0.1, 0.15) is 23.8 Å². The van der Waals surface area contributed by atoms with Crippen LogP contribution in [0.15, 0.2) is 53.1 Å². The maximum Gasteiger partial charge on any atom is 0.202 e. The van der Waals surface area contributed by atoms with Gasteiger partial charge in [-0.2, -0.15) is 0 Å². The molecule has 0 radical (unpaired) electrons. The van der Waals surface area contributed by atoms with Gasteiger partial charge in [0.05, 0.1) is 6.26 Å². The quantitative estimate of drug-likeness (QED) is 0.723. The minimum absolute atomic E-state index is 0.335. The summed E-state index contributed by atoms with van der Waals surface area (Å²) in [6.45, 7) is 0.872. The molecular weight excluding hydrogens is 212 g/mol. The molecule has 0 bridgehead atoms. The molecule has 2 aromatic rings. The Morgan fingerprint density at radius 3 is 2.82 bits per heavy atom. The van der Waals surface area contributed by atoms with Gasteiger partial charge in [-0.3, -0.25) is 4.68 Å². The highest BCUT2D eigenvalue weighted by Gasteiger charge is 2.22. The highest BCUT2D eigenvalue weighted by Crippen LogP contribution is 2.29. The van der Waals surface area contributed by atoms with Crippen molar-refractivity contribution in [1.29, 1.82) is 0 Å². The summed E-state index contributed by atoms with van der Waals surface area (Å²) in [5, 5.41) is 0. The van der Waals surface area contributed by atoms with Crippen molar-refractivity contribution in [1.82, 2.24) is 0 Å². The molecule has 1 aromatic heterocycles. The van der Waals surface area contributed by atoms with E-state index in [1.54, 1.807) is 6.26 Å². The van der Waals surface area contributed by atoms with Crippen molar-refractivity contribution < 1.29 is 9.10 Å². The van der Waals surface area contributed by atoms with Gasteiger partial charge in [0, 0.05) is 12.0 Å². The number of rotatable bonds is 2. The third kappa shape index (κ3) is 2.09. The summed E-state index contributed by atoms with van der Waals surface area (Å²) in [4.78, 5) is 0. The Labute approximate surface area is 100 Å². The third-order valence-corrected chi connectivity index (χ3v) is 2.97. The van der Waals surface area contributed by atoms with Crippen LogP contribution < -0.4 is 0 Å². The van der Waals surface area contributed by atoms with Gasteiger partial charge in [-0.25, -0.2) is 0 Å². The van der Waals surface area contributed by atoms with Gasteiger partial charge in [0.25, 0.3) is 0 Å². The maximum absolute atomic E-state index is 5.32. The number of nitrogens with zero attached hydrogens (tertiary/aromatic N) is 2. The maximum atomic E-state index is 5.32. The van der Waals surface area contributed by atoms with Crippen molar-refractivity contribution in [2.45, 2.75) is 12.5 Å². The lowest BCUT2D eigenvalue weighted by Gasteiger charge is -2.13. The fraction of sp³-hybridized carbons (Fsp3) is 0.214. The Morgan fingerprint density at radius 1 is 1.18 bits per heavy atom. The standard InChI is InChI=1S/C14H14N2O/c1-2-5-12(6-3-1)14-8-9-15-16(14)11-13-7-4-10-17-13/h1-7,10-11,14H,8-9H2/b16-11-/t14-/m1/s1. The van der Waals surface area contributed by atoms with Crippen LogP contribution in [0.2, 0.25) is 0 Å². The molecule has 0 amide bonds. The molecule has 17 heavy (non-hydrogen) atoms. The summed E-state index contributed by atoms with van der Waals surface area (Å²) >= 11 is 0. The van der Waals surface area contributed by atoms with E-state index in [0.717, 1.165) is 18.7 Å². The van der Waals surface area contributed by atoms with E-state index in [1.807, 2.05) is 29.1 Å². The van der Waals surface area contributed by atoms with Crippen LogP contribution in [0, 0.1) is 0 Å². The SMILES string of the molecule is C(/c1ccco1)=[N+]1/[N-]CC[C@@H]1c1ccccc1. The minimum atomic E-state index is 0.335. The first-order valence-corrected chi connectivity index (χ1v) is 5.82. The van der Waals surface area contributed by atoms with Crippen molar-refractivity contribution >= 4 is 6.21 Å². The van der Waals surface area contributed by atoms with E-state index >= 15 is 0 Å². The zero-order valence-electron chi connectivity index (χ0n) is 9.49. The van der Waals surface area contributed by atoms with Crippen molar-refractivity contribution in [3.8, 4) is 0 Å². The first-order chi connectivity index (χ1) is 8.43. The minimum Gasteiger partial charge on any atom is -0.459 e. The fourth-order valence-corrected chi connectivity index (χ4v) is 2.15. The van der Waals surface area contributed by atoms with Crippen LogP contribution in [0.25, 0.3) is 5.43 Å². The molecule has 1 aromatic carbocycles. The zero-order chi connectivity index (χ0) is 11.5. The first kappa shape index (κ1) is 10.1. The topological polar surface area (TPSA) is 30.2 Å². The predicted molar refractivity (Wildman–Crippen MR) is 66.2 cm³/mol. The molecule has 3 heteroatoms. The number of hydrogen-bond donors (Lipinski definition) is 0. The second-order valence-electron chi connectivity index (χ2n) is 4.10. The highest BCUT2D eigenvalue weighted by molar-refractivity contribution is 5.71. The summed E-state index contributed by atoms with van der Waals surface area (Å²) < 4.78 is 7.33. The monoisotopic (exact) mass is 226 g/mol. The number of benzene rings is 1. The molecule has 1 fully saturated rings. The van der Waals surface area contributed by atoms with E-state index in [9.17, 15) is 0 Å². The largest absolute Gasteiger partial charge is 0.459 e. The molecule has 0 unspecified atom stereocenters. The summed E-state index contributed by atoms with van der Waals surface area (Å²) in [6.07, 6.45) is 4.70. The van der Waals surface area contributed by atoms with Crippen molar-refractivity contribution in [2.24, 2.45) is 0 Å². The van der Waals surface area contributed by atoms with Crippen LogP contribution in [0.4, 0.5) is 0 Å². The molecule has 0 N–H and O–H groups in total. The molecule has 1 aliphatic heterocycles. The lowest BCUT2D eigenvalue weighted by atomic mass is 10.1. The van der Waals surface area contributed by atoms with Crippen molar-refractivity contribution in [2.75, 3.05) is 6.54 Å². The molecule has 3 nitrogen and oxygen atoms in total. The predicted octanol–water partition coefficient (Wildman–Crippen LogP) is 3.14. The summed E-state index contributed by atoms with van der Waals surface area (Å²) in [6, 6.07) is 14.6. The van der Waals surface area contributed by atoms with E-state index < -0.39 is 0 Å². The molecule has 1 saturated heterocycles. The van der Waals surface area contributed by atoms with E-state index in [2.05, 4.69) is 29.7 Å². The van der Waals surface area contributed by atoms with Gasteiger partial charge < -0.3 is 9.84 Å². The molecule has 0 aliphatic carbocycles.